The number of nitrogens with one attached hydrogen (secondary N) is 1. The average molecular weight is 179 g/mol. The van der Waals surface area contributed by atoms with Gasteiger partial charge in [0, 0.05) is 5.69 Å². The highest BCUT2D eigenvalue weighted by molar-refractivity contribution is 5.84. The number of hydrogen-bond donors (Lipinski definition) is 2. The van der Waals surface area contributed by atoms with Crippen LogP contribution in [-0.2, 0) is 0 Å². The first-order valence-electron chi connectivity index (χ1n) is 4.09. The fourth-order valence-corrected chi connectivity index (χ4v) is 1.21. The molecule has 0 saturated heterocycles. The third-order valence-corrected chi connectivity index (χ3v) is 2.30. The molecule has 0 radical (unpaired) electrons. The van der Waals surface area contributed by atoms with Crippen LogP contribution in [0.1, 0.15) is 16.7 Å². The molecular formula is C10H13NO2. The number of rotatable bonds is 1. The third-order valence-electron chi connectivity index (χ3n) is 2.30. The third kappa shape index (κ3) is 1.99. The zero-order valence-electron chi connectivity index (χ0n) is 8.01. The molecule has 0 saturated carbocycles. The first-order valence-corrected chi connectivity index (χ1v) is 4.09. The van der Waals surface area contributed by atoms with Gasteiger partial charge in [-0.15, -0.1) is 0 Å². The zero-order valence-corrected chi connectivity index (χ0v) is 8.01. The predicted octanol–water partition coefficient (Wildman–Crippen LogP) is 2.70. The lowest BCUT2D eigenvalue weighted by Gasteiger charge is -2.10. The van der Waals surface area contributed by atoms with Crippen LogP contribution in [0.5, 0.6) is 0 Å². The quantitative estimate of drug-likeness (QED) is 0.696. The standard InChI is InChI=1S/C10H13NO2/c1-6-4-5-9(11-10(12)13)8(3)7(6)2/h4-5,11H,1-3H3,(H,12,13). The summed E-state index contributed by atoms with van der Waals surface area (Å²) in [7, 11) is 0. The molecule has 0 bridgehead atoms. The second-order valence-electron chi connectivity index (χ2n) is 3.11. The van der Waals surface area contributed by atoms with Gasteiger partial charge in [0.05, 0.1) is 0 Å². The van der Waals surface area contributed by atoms with Crippen molar-refractivity contribution >= 4 is 11.8 Å². The first kappa shape index (κ1) is 9.58. The summed E-state index contributed by atoms with van der Waals surface area (Å²) < 4.78 is 0. The summed E-state index contributed by atoms with van der Waals surface area (Å²) in [5.74, 6) is 0. The Balaban J connectivity index is 3.10. The van der Waals surface area contributed by atoms with Gasteiger partial charge in [0.25, 0.3) is 0 Å². The molecule has 0 aliphatic carbocycles. The Morgan fingerprint density at radius 2 is 1.85 bits per heavy atom. The molecule has 0 atom stereocenters. The van der Waals surface area contributed by atoms with Gasteiger partial charge in [0.15, 0.2) is 0 Å². The monoisotopic (exact) mass is 179 g/mol. The molecule has 70 valence electrons. The second-order valence-corrected chi connectivity index (χ2v) is 3.11. The van der Waals surface area contributed by atoms with Gasteiger partial charge in [-0.3, -0.25) is 5.32 Å². The molecular weight excluding hydrogens is 166 g/mol. The maximum Gasteiger partial charge on any atom is 0.409 e. The molecule has 1 aromatic carbocycles. The molecule has 0 unspecified atom stereocenters. The van der Waals surface area contributed by atoms with Gasteiger partial charge in [-0.05, 0) is 43.5 Å². The molecule has 13 heavy (non-hydrogen) atoms. The van der Waals surface area contributed by atoms with E-state index in [1.165, 1.54) is 5.56 Å². The highest BCUT2D eigenvalue weighted by atomic mass is 16.4. The van der Waals surface area contributed by atoms with Crippen LogP contribution in [0.15, 0.2) is 12.1 Å². The van der Waals surface area contributed by atoms with E-state index in [1.54, 1.807) is 6.07 Å². The first-order chi connectivity index (χ1) is 6.02. The smallest absolute Gasteiger partial charge is 0.409 e. The minimum absolute atomic E-state index is 0.663. The SMILES string of the molecule is Cc1ccc(NC(=O)O)c(C)c1C. The van der Waals surface area contributed by atoms with Gasteiger partial charge in [0.2, 0.25) is 0 Å². The maximum absolute atomic E-state index is 10.4. The number of anilines is 1. The van der Waals surface area contributed by atoms with Crippen molar-refractivity contribution in [1.29, 1.82) is 0 Å². The van der Waals surface area contributed by atoms with E-state index >= 15 is 0 Å². The highest BCUT2D eigenvalue weighted by Crippen LogP contribution is 2.21. The zero-order chi connectivity index (χ0) is 10.0. The van der Waals surface area contributed by atoms with E-state index in [-0.39, 0.29) is 0 Å². The summed E-state index contributed by atoms with van der Waals surface area (Å²) in [6.07, 6.45) is -1.02. The van der Waals surface area contributed by atoms with Crippen LogP contribution in [0, 0.1) is 20.8 Å². The number of carboxylic acid groups (broad SMARTS) is 1. The van der Waals surface area contributed by atoms with Crippen molar-refractivity contribution in [2.24, 2.45) is 0 Å². The van der Waals surface area contributed by atoms with Gasteiger partial charge in [-0.1, -0.05) is 6.07 Å². The molecule has 1 amide bonds. The summed E-state index contributed by atoms with van der Waals surface area (Å²) in [5, 5.41) is 10.9. The van der Waals surface area contributed by atoms with Crippen molar-refractivity contribution in [3.63, 3.8) is 0 Å². The molecule has 0 aromatic heterocycles. The van der Waals surface area contributed by atoms with E-state index in [0.717, 1.165) is 11.1 Å². The Kier molecular flexibility index (Phi) is 2.56. The van der Waals surface area contributed by atoms with Gasteiger partial charge >= 0.3 is 6.09 Å². The van der Waals surface area contributed by atoms with Crippen LogP contribution in [0.3, 0.4) is 0 Å². The van der Waals surface area contributed by atoms with E-state index in [2.05, 4.69) is 5.32 Å². The Labute approximate surface area is 77.4 Å². The molecule has 2 N–H and O–H groups in total. The van der Waals surface area contributed by atoms with E-state index in [1.807, 2.05) is 26.8 Å². The van der Waals surface area contributed by atoms with E-state index < -0.39 is 6.09 Å². The topological polar surface area (TPSA) is 49.3 Å². The van der Waals surface area contributed by atoms with Crippen molar-refractivity contribution in [3.05, 3.63) is 28.8 Å². The van der Waals surface area contributed by atoms with Crippen molar-refractivity contribution in [2.75, 3.05) is 5.32 Å². The van der Waals surface area contributed by atoms with Crippen LogP contribution in [0.2, 0.25) is 0 Å². The Morgan fingerprint density at radius 1 is 1.23 bits per heavy atom. The molecule has 3 heteroatoms. The lowest BCUT2D eigenvalue weighted by molar-refractivity contribution is 0.209. The lowest BCUT2D eigenvalue weighted by atomic mass is 10.0. The Morgan fingerprint density at radius 3 is 2.38 bits per heavy atom. The molecule has 0 aliphatic heterocycles. The lowest BCUT2D eigenvalue weighted by Crippen LogP contribution is -2.09. The highest BCUT2D eigenvalue weighted by Gasteiger charge is 2.05. The number of carbonyl (C=O) groups is 1. The van der Waals surface area contributed by atoms with Gasteiger partial charge in [-0.25, -0.2) is 4.79 Å². The van der Waals surface area contributed by atoms with Crippen LogP contribution in [0.4, 0.5) is 10.5 Å². The van der Waals surface area contributed by atoms with Crippen molar-refractivity contribution in [2.45, 2.75) is 20.8 Å². The van der Waals surface area contributed by atoms with E-state index in [9.17, 15) is 4.79 Å². The number of amides is 1. The second kappa shape index (κ2) is 3.47. The molecule has 1 rings (SSSR count). The molecule has 3 nitrogen and oxygen atoms in total. The van der Waals surface area contributed by atoms with Crippen molar-refractivity contribution in [3.8, 4) is 0 Å². The average Bonchev–Trinajstić information content (AvgIpc) is 2.06. The summed E-state index contributed by atoms with van der Waals surface area (Å²) in [6.45, 7) is 5.90. The molecule has 0 aliphatic rings. The Hall–Kier alpha value is -1.51. The fraction of sp³-hybridized carbons (Fsp3) is 0.300. The number of benzene rings is 1. The van der Waals surface area contributed by atoms with Gasteiger partial charge < -0.3 is 5.11 Å². The van der Waals surface area contributed by atoms with E-state index in [0.29, 0.717) is 5.69 Å². The van der Waals surface area contributed by atoms with Crippen LogP contribution in [0.25, 0.3) is 0 Å². The minimum Gasteiger partial charge on any atom is -0.465 e. The van der Waals surface area contributed by atoms with Crippen LogP contribution < -0.4 is 5.32 Å². The predicted molar refractivity (Wildman–Crippen MR) is 52.3 cm³/mol. The minimum atomic E-state index is -1.02. The van der Waals surface area contributed by atoms with Gasteiger partial charge in [-0.2, -0.15) is 0 Å². The normalized spacial score (nSPS) is 9.77. The fourth-order valence-electron chi connectivity index (χ4n) is 1.21. The summed E-state index contributed by atoms with van der Waals surface area (Å²) >= 11 is 0. The van der Waals surface area contributed by atoms with Crippen LogP contribution >= 0.6 is 0 Å². The number of hydrogen-bond acceptors (Lipinski definition) is 1. The number of aryl methyl sites for hydroxylation is 1. The summed E-state index contributed by atoms with van der Waals surface area (Å²) in [5.41, 5.74) is 3.96. The van der Waals surface area contributed by atoms with Gasteiger partial charge in [0.1, 0.15) is 0 Å². The molecule has 1 aromatic rings. The molecule has 0 heterocycles. The van der Waals surface area contributed by atoms with Crippen molar-refractivity contribution in [1.82, 2.24) is 0 Å². The van der Waals surface area contributed by atoms with Crippen LogP contribution in [-0.4, -0.2) is 11.2 Å². The molecule has 0 fully saturated rings. The largest absolute Gasteiger partial charge is 0.465 e. The molecule has 0 spiro atoms. The van der Waals surface area contributed by atoms with Crippen molar-refractivity contribution < 1.29 is 9.90 Å². The summed E-state index contributed by atoms with van der Waals surface area (Å²) in [4.78, 5) is 10.4. The maximum atomic E-state index is 10.4. The Bertz CT molecular complexity index is 345. The summed E-state index contributed by atoms with van der Waals surface area (Å²) in [6, 6.07) is 3.69. The van der Waals surface area contributed by atoms with E-state index in [4.69, 9.17) is 5.11 Å².